The Kier molecular flexibility index (Phi) is 4.69. The smallest absolute Gasteiger partial charge is 0.126 e. The van der Waals surface area contributed by atoms with Gasteiger partial charge in [0.1, 0.15) is 11.6 Å². The molecule has 0 aliphatic carbocycles. The minimum Gasteiger partial charge on any atom is -0.310 e. The van der Waals surface area contributed by atoms with Crippen molar-refractivity contribution in [3.8, 4) is 0 Å². The molecule has 1 aromatic rings. The Morgan fingerprint density at radius 3 is 2.20 bits per heavy atom. The molecule has 3 heteroatoms. The van der Waals surface area contributed by atoms with E-state index in [1.807, 2.05) is 6.92 Å². The standard InChI is InChI=1S/C12H17F2N/c1-3-5-12(15-4-2)9-6-10(13)8-11(14)7-9/h6-8,12,15H,3-5H2,1-2H3. The number of halogens is 2. The Morgan fingerprint density at radius 1 is 1.13 bits per heavy atom. The van der Waals surface area contributed by atoms with Gasteiger partial charge in [0.05, 0.1) is 0 Å². The lowest BCUT2D eigenvalue weighted by Gasteiger charge is -2.17. The molecule has 0 amide bonds. The van der Waals surface area contributed by atoms with Gasteiger partial charge < -0.3 is 5.32 Å². The normalized spacial score (nSPS) is 12.8. The van der Waals surface area contributed by atoms with E-state index in [0.717, 1.165) is 25.5 Å². The van der Waals surface area contributed by atoms with Crippen molar-refractivity contribution in [1.29, 1.82) is 0 Å². The van der Waals surface area contributed by atoms with Gasteiger partial charge in [-0.1, -0.05) is 20.3 Å². The van der Waals surface area contributed by atoms with Crippen molar-refractivity contribution >= 4 is 0 Å². The van der Waals surface area contributed by atoms with Gasteiger partial charge in [0.15, 0.2) is 0 Å². The molecular weight excluding hydrogens is 196 g/mol. The highest BCUT2D eigenvalue weighted by atomic mass is 19.1. The fraction of sp³-hybridized carbons (Fsp3) is 0.500. The average molecular weight is 213 g/mol. The molecule has 0 radical (unpaired) electrons. The van der Waals surface area contributed by atoms with Crippen molar-refractivity contribution < 1.29 is 8.78 Å². The van der Waals surface area contributed by atoms with Crippen LogP contribution in [0.2, 0.25) is 0 Å². The third-order valence-electron chi connectivity index (χ3n) is 2.32. The van der Waals surface area contributed by atoms with Gasteiger partial charge in [0, 0.05) is 12.1 Å². The maximum Gasteiger partial charge on any atom is 0.126 e. The minimum atomic E-state index is -0.510. The third kappa shape index (κ3) is 3.59. The molecule has 1 aromatic carbocycles. The van der Waals surface area contributed by atoms with Crippen LogP contribution in [0.5, 0.6) is 0 Å². The molecule has 84 valence electrons. The summed E-state index contributed by atoms with van der Waals surface area (Å²) in [5.41, 5.74) is 0.691. The maximum absolute atomic E-state index is 13.0. The fourth-order valence-electron chi connectivity index (χ4n) is 1.70. The molecule has 0 bridgehead atoms. The van der Waals surface area contributed by atoms with Crippen molar-refractivity contribution in [1.82, 2.24) is 5.32 Å². The lowest BCUT2D eigenvalue weighted by Crippen LogP contribution is -2.20. The quantitative estimate of drug-likeness (QED) is 0.790. The summed E-state index contributed by atoms with van der Waals surface area (Å²) in [6, 6.07) is 3.74. The first-order chi connectivity index (χ1) is 7.17. The van der Waals surface area contributed by atoms with Crippen LogP contribution in [0, 0.1) is 11.6 Å². The lowest BCUT2D eigenvalue weighted by atomic mass is 10.0. The van der Waals surface area contributed by atoms with Gasteiger partial charge in [0.25, 0.3) is 0 Å². The molecule has 1 unspecified atom stereocenters. The van der Waals surface area contributed by atoms with Crippen molar-refractivity contribution in [2.45, 2.75) is 32.7 Å². The van der Waals surface area contributed by atoms with Crippen LogP contribution in [-0.4, -0.2) is 6.54 Å². The van der Waals surface area contributed by atoms with Gasteiger partial charge in [-0.05, 0) is 30.7 Å². The molecule has 1 rings (SSSR count). The van der Waals surface area contributed by atoms with Gasteiger partial charge in [0.2, 0.25) is 0 Å². The molecule has 0 saturated heterocycles. The summed E-state index contributed by atoms with van der Waals surface area (Å²) in [5.74, 6) is -1.02. The van der Waals surface area contributed by atoms with E-state index in [-0.39, 0.29) is 6.04 Å². The second-order valence-electron chi connectivity index (χ2n) is 3.60. The molecule has 1 N–H and O–H groups in total. The predicted molar refractivity (Wildman–Crippen MR) is 57.7 cm³/mol. The van der Waals surface area contributed by atoms with Gasteiger partial charge in [-0.25, -0.2) is 8.78 Å². The van der Waals surface area contributed by atoms with Crippen LogP contribution in [-0.2, 0) is 0 Å². The fourth-order valence-corrected chi connectivity index (χ4v) is 1.70. The minimum absolute atomic E-state index is 0.0465. The van der Waals surface area contributed by atoms with Crippen LogP contribution in [0.3, 0.4) is 0 Å². The van der Waals surface area contributed by atoms with Crippen molar-refractivity contribution in [3.63, 3.8) is 0 Å². The molecule has 0 aromatic heterocycles. The Hall–Kier alpha value is -0.960. The van der Waals surface area contributed by atoms with Crippen LogP contribution in [0.15, 0.2) is 18.2 Å². The zero-order valence-corrected chi connectivity index (χ0v) is 9.19. The zero-order valence-electron chi connectivity index (χ0n) is 9.19. The molecule has 0 aliphatic heterocycles. The average Bonchev–Trinajstić information content (AvgIpc) is 2.16. The first-order valence-corrected chi connectivity index (χ1v) is 5.36. The van der Waals surface area contributed by atoms with Gasteiger partial charge >= 0.3 is 0 Å². The highest BCUT2D eigenvalue weighted by molar-refractivity contribution is 5.21. The van der Waals surface area contributed by atoms with Gasteiger partial charge in [-0.15, -0.1) is 0 Å². The summed E-state index contributed by atoms with van der Waals surface area (Å²) >= 11 is 0. The number of hydrogen-bond acceptors (Lipinski definition) is 1. The molecule has 1 atom stereocenters. The molecule has 0 spiro atoms. The van der Waals surface area contributed by atoms with Crippen LogP contribution < -0.4 is 5.32 Å². The topological polar surface area (TPSA) is 12.0 Å². The SMILES string of the molecule is CCCC(NCC)c1cc(F)cc(F)c1. The molecule has 0 fully saturated rings. The van der Waals surface area contributed by atoms with E-state index in [2.05, 4.69) is 12.2 Å². The lowest BCUT2D eigenvalue weighted by molar-refractivity contribution is 0.498. The summed E-state index contributed by atoms with van der Waals surface area (Å²) in [6.45, 7) is 4.83. The van der Waals surface area contributed by atoms with Crippen LogP contribution >= 0.6 is 0 Å². The first kappa shape index (κ1) is 12.1. The highest BCUT2D eigenvalue weighted by Crippen LogP contribution is 2.20. The molecule has 0 saturated carbocycles. The monoisotopic (exact) mass is 213 g/mol. The molecule has 1 nitrogen and oxygen atoms in total. The van der Waals surface area contributed by atoms with Crippen LogP contribution in [0.25, 0.3) is 0 Å². The summed E-state index contributed by atoms with van der Waals surface area (Å²) in [6.07, 6.45) is 1.87. The second kappa shape index (κ2) is 5.81. The summed E-state index contributed by atoms with van der Waals surface area (Å²) in [5, 5.41) is 3.22. The number of hydrogen-bond donors (Lipinski definition) is 1. The first-order valence-electron chi connectivity index (χ1n) is 5.36. The van der Waals surface area contributed by atoms with E-state index in [4.69, 9.17) is 0 Å². The number of benzene rings is 1. The van der Waals surface area contributed by atoms with E-state index in [0.29, 0.717) is 5.56 Å². The molecule has 15 heavy (non-hydrogen) atoms. The zero-order chi connectivity index (χ0) is 11.3. The Bertz CT molecular complexity index is 286. The molecular formula is C12H17F2N. The number of rotatable bonds is 5. The highest BCUT2D eigenvalue weighted by Gasteiger charge is 2.11. The van der Waals surface area contributed by atoms with E-state index < -0.39 is 11.6 Å². The van der Waals surface area contributed by atoms with Crippen molar-refractivity contribution in [2.75, 3.05) is 6.54 Å². The van der Waals surface area contributed by atoms with Crippen LogP contribution in [0.4, 0.5) is 8.78 Å². The van der Waals surface area contributed by atoms with E-state index >= 15 is 0 Å². The van der Waals surface area contributed by atoms with Crippen molar-refractivity contribution in [2.24, 2.45) is 0 Å². The van der Waals surface area contributed by atoms with E-state index in [1.165, 1.54) is 12.1 Å². The third-order valence-corrected chi connectivity index (χ3v) is 2.32. The summed E-state index contributed by atoms with van der Waals surface area (Å²) < 4.78 is 26.0. The van der Waals surface area contributed by atoms with Crippen molar-refractivity contribution in [3.05, 3.63) is 35.4 Å². The van der Waals surface area contributed by atoms with E-state index in [1.54, 1.807) is 0 Å². The summed E-state index contributed by atoms with van der Waals surface area (Å²) in [7, 11) is 0. The van der Waals surface area contributed by atoms with E-state index in [9.17, 15) is 8.78 Å². The largest absolute Gasteiger partial charge is 0.310 e. The van der Waals surface area contributed by atoms with Crippen LogP contribution in [0.1, 0.15) is 38.3 Å². The maximum atomic E-state index is 13.0. The number of nitrogens with one attached hydrogen (secondary N) is 1. The Morgan fingerprint density at radius 2 is 1.73 bits per heavy atom. The molecule has 0 aliphatic rings. The van der Waals surface area contributed by atoms with Gasteiger partial charge in [-0.2, -0.15) is 0 Å². The predicted octanol–water partition coefficient (Wildman–Crippen LogP) is 3.42. The summed E-state index contributed by atoms with van der Waals surface area (Å²) in [4.78, 5) is 0. The second-order valence-corrected chi connectivity index (χ2v) is 3.60. The Labute approximate surface area is 89.5 Å². The van der Waals surface area contributed by atoms with Gasteiger partial charge in [-0.3, -0.25) is 0 Å². The Balaban J connectivity index is 2.88. The molecule has 0 heterocycles.